The highest BCUT2D eigenvalue weighted by Gasteiger charge is 2.16. The van der Waals surface area contributed by atoms with Crippen LogP contribution >= 0.6 is 12.2 Å². The summed E-state index contributed by atoms with van der Waals surface area (Å²) in [6.07, 6.45) is 9.21. The van der Waals surface area contributed by atoms with E-state index in [4.69, 9.17) is 18.0 Å². The zero-order valence-electron chi connectivity index (χ0n) is 12.8. The topological polar surface area (TPSA) is 46.3 Å². The molecule has 0 aromatic rings. The van der Waals surface area contributed by atoms with Gasteiger partial charge in [-0.2, -0.15) is 0 Å². The van der Waals surface area contributed by atoms with Crippen molar-refractivity contribution in [3.63, 3.8) is 0 Å². The van der Waals surface area contributed by atoms with Crippen molar-refractivity contribution in [3.05, 3.63) is 0 Å². The number of amides is 1. The van der Waals surface area contributed by atoms with Crippen molar-refractivity contribution in [2.75, 3.05) is 6.54 Å². The summed E-state index contributed by atoms with van der Waals surface area (Å²) in [6.45, 7) is 6.63. The van der Waals surface area contributed by atoms with E-state index in [1.165, 1.54) is 32.1 Å². The zero-order chi connectivity index (χ0) is 14.7. The molecule has 0 spiro atoms. The van der Waals surface area contributed by atoms with Crippen molar-refractivity contribution < 1.29 is 4.79 Å². The van der Waals surface area contributed by atoms with E-state index in [1.807, 2.05) is 13.8 Å². The van der Waals surface area contributed by atoms with E-state index in [0.717, 1.165) is 12.8 Å². The molecule has 0 rings (SSSR count). The lowest BCUT2D eigenvalue weighted by Crippen LogP contribution is -2.42. The third-order valence-corrected chi connectivity index (χ3v) is 3.39. The molecule has 0 saturated carbocycles. The van der Waals surface area contributed by atoms with Gasteiger partial charge in [-0.1, -0.05) is 57.7 Å². The molecule has 4 heteroatoms. The summed E-state index contributed by atoms with van der Waals surface area (Å²) < 4.78 is 0. The lowest BCUT2D eigenvalue weighted by molar-refractivity contribution is -0.132. The van der Waals surface area contributed by atoms with E-state index in [9.17, 15) is 4.79 Å². The molecule has 112 valence electrons. The van der Waals surface area contributed by atoms with Crippen LogP contribution in [0.4, 0.5) is 0 Å². The molecule has 0 aromatic heterocycles. The first-order chi connectivity index (χ1) is 8.99. The van der Waals surface area contributed by atoms with Gasteiger partial charge in [0, 0.05) is 12.5 Å². The molecular formula is C15H30N2OS. The highest BCUT2D eigenvalue weighted by Crippen LogP contribution is 2.10. The predicted octanol–water partition coefficient (Wildman–Crippen LogP) is 3.65. The maximum atomic E-state index is 12.1. The quantitative estimate of drug-likeness (QED) is 0.466. The summed E-state index contributed by atoms with van der Waals surface area (Å²) in [6, 6.07) is 0.165. The largest absolute Gasteiger partial charge is 0.392 e. The smallest absolute Gasteiger partial charge is 0.223 e. The summed E-state index contributed by atoms with van der Waals surface area (Å²) in [5.41, 5.74) is 5.53. The number of carbonyl (C=O) groups is 1. The van der Waals surface area contributed by atoms with Gasteiger partial charge in [0.15, 0.2) is 0 Å². The molecule has 0 heterocycles. The molecule has 0 radical (unpaired) electrons. The van der Waals surface area contributed by atoms with Crippen LogP contribution in [-0.2, 0) is 4.79 Å². The second-order valence-corrected chi connectivity index (χ2v) is 5.98. The number of hydrogen-bond acceptors (Lipinski definition) is 2. The minimum atomic E-state index is 0.165. The van der Waals surface area contributed by atoms with Gasteiger partial charge < -0.3 is 10.6 Å². The Morgan fingerprint density at radius 3 is 2.11 bits per heavy atom. The SMILES string of the molecule is CCCCCCCCCC(=O)N(CC(N)=S)C(C)C. The van der Waals surface area contributed by atoms with Crippen LogP contribution in [0.2, 0.25) is 0 Å². The number of nitrogens with two attached hydrogens (primary N) is 1. The second kappa shape index (κ2) is 11.2. The van der Waals surface area contributed by atoms with Crippen molar-refractivity contribution in [1.29, 1.82) is 0 Å². The molecule has 19 heavy (non-hydrogen) atoms. The Morgan fingerprint density at radius 1 is 1.11 bits per heavy atom. The second-order valence-electron chi connectivity index (χ2n) is 5.45. The van der Waals surface area contributed by atoms with Crippen LogP contribution < -0.4 is 5.73 Å². The molecule has 0 unspecified atom stereocenters. The van der Waals surface area contributed by atoms with E-state index in [1.54, 1.807) is 4.90 Å². The highest BCUT2D eigenvalue weighted by molar-refractivity contribution is 7.80. The van der Waals surface area contributed by atoms with Crippen LogP contribution in [0, 0.1) is 0 Å². The third kappa shape index (κ3) is 9.88. The Bertz CT molecular complexity index is 267. The van der Waals surface area contributed by atoms with E-state index in [-0.39, 0.29) is 11.9 Å². The number of carbonyl (C=O) groups excluding carboxylic acids is 1. The lowest BCUT2D eigenvalue weighted by Gasteiger charge is -2.26. The highest BCUT2D eigenvalue weighted by atomic mass is 32.1. The molecule has 0 bridgehead atoms. The van der Waals surface area contributed by atoms with Gasteiger partial charge in [-0.05, 0) is 20.3 Å². The monoisotopic (exact) mass is 286 g/mol. The Kier molecular flexibility index (Phi) is 10.8. The van der Waals surface area contributed by atoms with E-state index in [0.29, 0.717) is 18.0 Å². The van der Waals surface area contributed by atoms with Gasteiger partial charge in [-0.25, -0.2) is 0 Å². The van der Waals surface area contributed by atoms with Crippen LogP contribution in [0.5, 0.6) is 0 Å². The number of unbranched alkanes of at least 4 members (excludes halogenated alkanes) is 6. The number of hydrogen-bond donors (Lipinski definition) is 1. The van der Waals surface area contributed by atoms with Crippen molar-refractivity contribution >= 4 is 23.1 Å². The Morgan fingerprint density at radius 2 is 1.63 bits per heavy atom. The molecular weight excluding hydrogens is 256 g/mol. The molecule has 0 aliphatic heterocycles. The Labute approximate surface area is 123 Å². The van der Waals surface area contributed by atoms with Crippen molar-refractivity contribution in [2.45, 2.75) is 78.2 Å². The zero-order valence-corrected chi connectivity index (χ0v) is 13.6. The van der Waals surface area contributed by atoms with E-state index in [2.05, 4.69) is 6.92 Å². The average molecular weight is 286 g/mol. The van der Waals surface area contributed by atoms with Gasteiger partial charge >= 0.3 is 0 Å². The van der Waals surface area contributed by atoms with Crippen LogP contribution in [0.15, 0.2) is 0 Å². The minimum absolute atomic E-state index is 0.165. The van der Waals surface area contributed by atoms with Gasteiger partial charge in [0.2, 0.25) is 5.91 Å². The van der Waals surface area contributed by atoms with Crippen molar-refractivity contribution in [2.24, 2.45) is 5.73 Å². The first kappa shape index (κ1) is 18.4. The van der Waals surface area contributed by atoms with Gasteiger partial charge in [-0.3, -0.25) is 4.79 Å². The van der Waals surface area contributed by atoms with Gasteiger partial charge in [0.25, 0.3) is 0 Å². The fourth-order valence-electron chi connectivity index (χ4n) is 2.10. The first-order valence-corrected chi connectivity index (χ1v) is 7.97. The van der Waals surface area contributed by atoms with E-state index >= 15 is 0 Å². The molecule has 3 nitrogen and oxygen atoms in total. The molecule has 0 fully saturated rings. The molecule has 0 saturated heterocycles. The van der Waals surface area contributed by atoms with Crippen LogP contribution in [0.25, 0.3) is 0 Å². The third-order valence-electron chi connectivity index (χ3n) is 3.26. The Hall–Kier alpha value is -0.640. The molecule has 2 N–H and O–H groups in total. The summed E-state index contributed by atoms with van der Waals surface area (Å²) in [7, 11) is 0. The molecule has 1 amide bonds. The summed E-state index contributed by atoms with van der Waals surface area (Å²) in [4.78, 5) is 14.2. The lowest BCUT2D eigenvalue weighted by atomic mass is 10.1. The molecule has 0 aliphatic rings. The number of thiocarbonyl (C=S) groups is 1. The number of rotatable bonds is 11. The van der Waals surface area contributed by atoms with Crippen LogP contribution in [0.3, 0.4) is 0 Å². The maximum Gasteiger partial charge on any atom is 0.223 e. The summed E-state index contributed by atoms with van der Waals surface area (Å²) in [5.74, 6) is 0.177. The normalized spacial score (nSPS) is 10.7. The maximum absolute atomic E-state index is 12.1. The standard InChI is InChI=1S/C15H30N2OS/c1-4-5-6-7-8-9-10-11-15(18)17(13(2)3)12-14(16)19/h13H,4-12H2,1-3H3,(H2,16,19). The fourth-order valence-corrected chi connectivity index (χ4v) is 2.24. The molecule has 0 atom stereocenters. The van der Waals surface area contributed by atoms with Gasteiger partial charge in [0.1, 0.15) is 0 Å². The van der Waals surface area contributed by atoms with Crippen molar-refractivity contribution in [3.8, 4) is 0 Å². The van der Waals surface area contributed by atoms with Crippen molar-refractivity contribution in [1.82, 2.24) is 4.90 Å². The summed E-state index contributed by atoms with van der Waals surface area (Å²) >= 11 is 4.89. The van der Waals surface area contributed by atoms with Crippen LogP contribution in [-0.4, -0.2) is 28.4 Å². The minimum Gasteiger partial charge on any atom is -0.392 e. The van der Waals surface area contributed by atoms with Crippen LogP contribution in [0.1, 0.15) is 72.1 Å². The predicted molar refractivity (Wildman–Crippen MR) is 86.2 cm³/mol. The molecule has 0 aromatic carbocycles. The summed E-state index contributed by atoms with van der Waals surface area (Å²) in [5, 5.41) is 0. The average Bonchev–Trinajstić information content (AvgIpc) is 2.34. The van der Waals surface area contributed by atoms with Gasteiger partial charge in [-0.15, -0.1) is 0 Å². The number of nitrogens with zero attached hydrogens (tertiary/aromatic N) is 1. The Balaban J connectivity index is 3.78. The molecule has 0 aliphatic carbocycles. The van der Waals surface area contributed by atoms with E-state index < -0.39 is 0 Å². The first-order valence-electron chi connectivity index (χ1n) is 7.56. The fraction of sp³-hybridized carbons (Fsp3) is 0.867. The van der Waals surface area contributed by atoms with Gasteiger partial charge in [0.05, 0.1) is 11.5 Å².